The number of nitrogens with zero attached hydrogens (tertiary/aromatic N) is 2. The highest BCUT2D eigenvalue weighted by molar-refractivity contribution is 6.23. The first-order valence-electron chi connectivity index (χ1n) is 22.8. The molecule has 1 heterocycles. The summed E-state index contributed by atoms with van der Waals surface area (Å²) in [6.07, 6.45) is 4.21. The van der Waals surface area contributed by atoms with Gasteiger partial charge in [-0.25, -0.2) is 4.99 Å². The standard InChI is InChI=1S/C64H43N3/c65-64(45-20-3-1-4-21-45)66-60(54-31-12-11-30-53(54)57-33-17-34-58-55-32-13-14-35-61(55)67(63(57)58)50-26-5-2-6-27-50)39-36-43-18-15-23-46(40-43)47-24-16-25-49(41-47)62-52-29-10-8-22-48(52)42-59-51-28-9-7-19-44(51)37-38-56(59)62/h1-42,65H/b39-36+,65-64?,66-60?. The van der Waals surface area contributed by atoms with Crippen LogP contribution < -0.4 is 0 Å². The Morgan fingerprint density at radius 1 is 0.418 bits per heavy atom. The van der Waals surface area contributed by atoms with Gasteiger partial charge < -0.3 is 4.57 Å². The van der Waals surface area contributed by atoms with Crippen molar-refractivity contribution in [3.8, 4) is 39.1 Å². The maximum Gasteiger partial charge on any atom is 0.152 e. The van der Waals surface area contributed by atoms with Gasteiger partial charge in [0.1, 0.15) is 0 Å². The van der Waals surface area contributed by atoms with Gasteiger partial charge in [0.25, 0.3) is 0 Å². The van der Waals surface area contributed by atoms with Crippen LogP contribution >= 0.6 is 0 Å². The van der Waals surface area contributed by atoms with Gasteiger partial charge in [0.15, 0.2) is 5.84 Å². The maximum absolute atomic E-state index is 9.27. The van der Waals surface area contributed by atoms with Gasteiger partial charge in [-0.15, -0.1) is 0 Å². The van der Waals surface area contributed by atoms with E-state index in [4.69, 9.17) is 4.99 Å². The third kappa shape index (κ3) is 7.20. The van der Waals surface area contributed by atoms with E-state index in [9.17, 15) is 5.41 Å². The van der Waals surface area contributed by atoms with Gasteiger partial charge >= 0.3 is 0 Å². The van der Waals surface area contributed by atoms with Crippen LogP contribution in [-0.2, 0) is 0 Å². The third-order valence-corrected chi connectivity index (χ3v) is 13.1. The molecule has 12 rings (SSSR count). The molecule has 0 radical (unpaired) electrons. The van der Waals surface area contributed by atoms with Gasteiger partial charge in [-0.2, -0.15) is 0 Å². The topological polar surface area (TPSA) is 41.1 Å². The predicted octanol–water partition coefficient (Wildman–Crippen LogP) is 16.8. The van der Waals surface area contributed by atoms with Crippen LogP contribution in [0.15, 0.2) is 254 Å². The molecule has 0 saturated carbocycles. The lowest BCUT2D eigenvalue weighted by Crippen LogP contribution is -2.06. The maximum atomic E-state index is 9.27. The van der Waals surface area contributed by atoms with E-state index in [0.29, 0.717) is 5.71 Å². The average molecular weight is 854 g/mol. The fourth-order valence-corrected chi connectivity index (χ4v) is 9.97. The molecular weight excluding hydrogens is 811 g/mol. The predicted molar refractivity (Wildman–Crippen MR) is 285 cm³/mol. The zero-order valence-electron chi connectivity index (χ0n) is 36.6. The molecule has 314 valence electrons. The Bertz CT molecular complexity index is 3930. The number of fused-ring (bicyclic) bond motifs is 7. The summed E-state index contributed by atoms with van der Waals surface area (Å²) in [5.41, 5.74) is 13.6. The Morgan fingerprint density at radius 3 is 1.90 bits per heavy atom. The van der Waals surface area contributed by atoms with Crippen molar-refractivity contribution in [1.29, 1.82) is 5.41 Å². The van der Waals surface area contributed by atoms with Crippen LogP contribution in [0.25, 0.3) is 99.3 Å². The molecule has 0 aliphatic heterocycles. The number of nitrogens with one attached hydrogen (secondary N) is 1. The zero-order valence-corrected chi connectivity index (χ0v) is 36.6. The second kappa shape index (κ2) is 16.9. The lowest BCUT2D eigenvalue weighted by molar-refractivity contribution is 1.18. The van der Waals surface area contributed by atoms with E-state index in [1.54, 1.807) is 0 Å². The molecule has 3 nitrogen and oxygen atoms in total. The Morgan fingerprint density at radius 2 is 1.04 bits per heavy atom. The highest BCUT2D eigenvalue weighted by Crippen LogP contribution is 2.42. The second-order valence-corrected chi connectivity index (χ2v) is 17.0. The van der Waals surface area contributed by atoms with Gasteiger partial charge in [-0.3, -0.25) is 5.41 Å². The number of rotatable bonds is 8. The lowest BCUT2D eigenvalue weighted by atomic mass is 9.88. The first-order valence-corrected chi connectivity index (χ1v) is 22.8. The minimum atomic E-state index is 0.200. The SMILES string of the molecule is N=C(N=C(/C=C/c1cccc(-c2cccc(-c3c4ccccc4cc4c3ccc3ccccc34)c2)c1)c1ccccc1-c1cccc2c3ccccc3n(-c3ccccc3)c12)c1ccccc1. The molecule has 0 amide bonds. The number of hydrogen-bond acceptors (Lipinski definition) is 1. The van der Waals surface area contributed by atoms with Crippen LogP contribution in [-0.4, -0.2) is 16.1 Å². The molecule has 1 aromatic heterocycles. The van der Waals surface area contributed by atoms with Crippen molar-refractivity contribution < 1.29 is 0 Å². The third-order valence-electron chi connectivity index (χ3n) is 13.1. The molecule has 0 atom stereocenters. The summed E-state index contributed by atoms with van der Waals surface area (Å²) in [7, 11) is 0. The van der Waals surface area contributed by atoms with E-state index in [-0.39, 0.29) is 5.84 Å². The number of amidine groups is 1. The van der Waals surface area contributed by atoms with Crippen molar-refractivity contribution in [2.45, 2.75) is 0 Å². The normalized spacial score (nSPS) is 12.0. The largest absolute Gasteiger partial charge is 0.309 e. The Labute approximate surface area is 389 Å². The van der Waals surface area contributed by atoms with Crippen LogP contribution in [0.1, 0.15) is 16.7 Å². The molecule has 0 spiro atoms. The number of benzene rings is 11. The highest BCUT2D eigenvalue weighted by atomic mass is 15.0. The molecule has 3 heteroatoms. The molecule has 0 unspecified atom stereocenters. The fraction of sp³-hybridized carbons (Fsp3) is 0. The van der Waals surface area contributed by atoms with E-state index in [1.807, 2.05) is 30.3 Å². The summed E-state index contributed by atoms with van der Waals surface area (Å²) in [4.78, 5) is 5.12. The monoisotopic (exact) mass is 853 g/mol. The molecule has 11 aromatic carbocycles. The summed E-state index contributed by atoms with van der Waals surface area (Å²) in [5, 5.41) is 19.1. The molecule has 0 bridgehead atoms. The minimum absolute atomic E-state index is 0.200. The van der Waals surface area contributed by atoms with Gasteiger partial charge in [0.2, 0.25) is 0 Å². The van der Waals surface area contributed by atoms with E-state index < -0.39 is 0 Å². The van der Waals surface area contributed by atoms with Crippen LogP contribution in [0.5, 0.6) is 0 Å². The number of aliphatic imine (C=N–C) groups is 1. The first-order chi connectivity index (χ1) is 33.2. The van der Waals surface area contributed by atoms with Crippen molar-refractivity contribution in [2.75, 3.05) is 0 Å². The van der Waals surface area contributed by atoms with Crippen LogP contribution in [0, 0.1) is 5.41 Å². The number of aromatic nitrogens is 1. The van der Waals surface area contributed by atoms with Crippen LogP contribution in [0.3, 0.4) is 0 Å². The molecule has 0 saturated heterocycles. The number of para-hydroxylation sites is 3. The van der Waals surface area contributed by atoms with Crippen molar-refractivity contribution in [2.24, 2.45) is 4.99 Å². The molecule has 12 aromatic rings. The van der Waals surface area contributed by atoms with Crippen LogP contribution in [0.2, 0.25) is 0 Å². The van der Waals surface area contributed by atoms with E-state index in [2.05, 4.69) is 229 Å². The van der Waals surface area contributed by atoms with E-state index >= 15 is 0 Å². The van der Waals surface area contributed by atoms with Crippen LogP contribution in [0.4, 0.5) is 0 Å². The number of hydrogen-bond donors (Lipinski definition) is 1. The van der Waals surface area contributed by atoms with Gasteiger partial charge in [-0.1, -0.05) is 212 Å². The average Bonchev–Trinajstić information content (AvgIpc) is 3.74. The van der Waals surface area contributed by atoms with E-state index in [1.165, 1.54) is 54.2 Å². The van der Waals surface area contributed by atoms with Gasteiger partial charge in [0, 0.05) is 33.2 Å². The summed E-state index contributed by atoms with van der Waals surface area (Å²) < 4.78 is 2.38. The molecule has 0 aliphatic carbocycles. The smallest absolute Gasteiger partial charge is 0.152 e. The van der Waals surface area contributed by atoms with Crippen molar-refractivity contribution in [1.82, 2.24) is 4.57 Å². The summed E-state index contributed by atoms with van der Waals surface area (Å²) in [5.74, 6) is 0.200. The van der Waals surface area contributed by atoms with Crippen molar-refractivity contribution in [3.05, 3.63) is 265 Å². The fourth-order valence-electron chi connectivity index (χ4n) is 9.97. The highest BCUT2D eigenvalue weighted by Gasteiger charge is 2.20. The van der Waals surface area contributed by atoms with Crippen molar-refractivity contribution >= 4 is 71.7 Å². The zero-order chi connectivity index (χ0) is 44.7. The summed E-state index contributed by atoms with van der Waals surface area (Å²) in [6.45, 7) is 0. The van der Waals surface area contributed by atoms with Gasteiger partial charge in [-0.05, 0) is 108 Å². The molecule has 67 heavy (non-hydrogen) atoms. The minimum Gasteiger partial charge on any atom is -0.309 e. The Hall–Kier alpha value is -8.92. The quantitative estimate of drug-likeness (QED) is 0.0685. The second-order valence-electron chi connectivity index (χ2n) is 17.0. The molecular formula is C64H43N3. The summed E-state index contributed by atoms with van der Waals surface area (Å²) in [6, 6.07) is 86.0. The molecule has 0 fully saturated rings. The number of allylic oxidation sites excluding steroid dienone is 1. The molecule has 0 aliphatic rings. The van der Waals surface area contributed by atoms with Crippen molar-refractivity contribution in [3.63, 3.8) is 0 Å². The molecule has 1 N–H and O–H groups in total. The Balaban J connectivity index is 0.976. The lowest BCUT2D eigenvalue weighted by Gasteiger charge is -2.15. The Kier molecular flexibility index (Phi) is 10.00. The van der Waals surface area contributed by atoms with E-state index in [0.717, 1.165) is 55.7 Å². The first kappa shape index (κ1) is 39.7. The van der Waals surface area contributed by atoms with Gasteiger partial charge in [0.05, 0.1) is 16.7 Å². The summed E-state index contributed by atoms with van der Waals surface area (Å²) >= 11 is 0.